The second-order valence-electron chi connectivity index (χ2n) is 1.29. The summed E-state index contributed by atoms with van der Waals surface area (Å²) in [5, 5.41) is 0. The molecular weight excluding hydrogens is 82.1 g/mol. The molecule has 0 amide bonds. The Morgan fingerprint density at radius 1 is 1.29 bits per heavy atom. The minimum absolute atomic E-state index is 0.519. The number of hydrogen-bond acceptors (Lipinski definition) is 1. The molecule has 0 aromatic heterocycles. The van der Waals surface area contributed by atoms with Crippen molar-refractivity contribution in [3.05, 3.63) is 0 Å². The topological polar surface area (TPSA) is 17.1 Å². The highest BCUT2D eigenvalue weighted by molar-refractivity contribution is 7.71. The Morgan fingerprint density at radius 3 is 1.71 bits per heavy atom. The third-order valence-electron chi connectivity index (χ3n) is 0.602. The van der Waals surface area contributed by atoms with E-state index in [0.717, 1.165) is 0 Å². The lowest BCUT2D eigenvalue weighted by Gasteiger charge is -1.97. The van der Waals surface area contributed by atoms with Gasteiger partial charge in [0.25, 0.3) is 0 Å². The highest BCUT2D eigenvalue weighted by Crippen LogP contribution is 1.66. The molecule has 0 spiro atoms. The quantitative estimate of drug-likeness (QED) is 0.274. The van der Waals surface area contributed by atoms with Crippen LogP contribution in [-0.4, -0.2) is 42.3 Å². The van der Waals surface area contributed by atoms with Crippen LogP contribution in [0.3, 0.4) is 0 Å². The normalized spacial score (nSPS) is 7.43. The average molecular weight is 83.1 g/mol. The largest absolute Gasteiger partial charge is 0.316 e. The Kier molecular flexibility index (Phi) is 3.05. The van der Waals surface area contributed by atoms with E-state index in [-0.39, 0.29) is 0 Å². The fourth-order valence-corrected chi connectivity index (χ4v) is 0.0907. The second-order valence-corrected chi connectivity index (χ2v) is 1.29. The Hall–Kier alpha value is -0.00532. The van der Waals surface area contributed by atoms with E-state index < -0.39 is 12.9 Å². The number of hydrogen-bond donors (Lipinski definition) is 0. The van der Waals surface area contributed by atoms with E-state index in [1.165, 1.54) is 0 Å². The van der Waals surface area contributed by atoms with Crippen molar-refractivity contribution in [2.24, 2.45) is 0 Å². The summed E-state index contributed by atoms with van der Waals surface area (Å²) in [5.41, 5.74) is 0. The summed E-state index contributed by atoms with van der Waals surface area (Å²) in [6.07, 6.45) is -0.206. The van der Waals surface area contributed by atoms with Gasteiger partial charge in [-0.3, -0.25) is 0 Å². The minimum atomic E-state index is -0.725. The maximum Gasteiger partial charge on any atom is 0.122 e. The molecule has 7 heavy (non-hydrogen) atoms. The summed E-state index contributed by atoms with van der Waals surface area (Å²) in [7, 11) is 14.9. The highest BCUT2D eigenvalue weighted by atomic mass is 16.1. The molecule has 0 fully saturated rings. The Balaban J connectivity index is 3.33. The third kappa shape index (κ3) is 2.66. The summed E-state index contributed by atoms with van der Waals surface area (Å²) < 4.78 is 0. The van der Waals surface area contributed by atoms with Gasteiger partial charge in [-0.05, 0) is 0 Å². The number of carbonyl (C=O) groups excluding carboxylic acids is 1. The molecule has 1 nitrogen and oxygen atoms in total. The molecule has 26 valence electrons. The van der Waals surface area contributed by atoms with Crippen molar-refractivity contribution in [1.29, 1.82) is 0 Å². The summed E-state index contributed by atoms with van der Waals surface area (Å²) in [6, 6.07) is 0. The zero-order valence-corrected chi connectivity index (χ0v) is 3.87. The standard InChI is InChI=1S/CHB5O/c2-5(1-7)6(3)4/h1H. The van der Waals surface area contributed by atoms with Crippen molar-refractivity contribution in [2.45, 2.75) is 0 Å². The van der Waals surface area contributed by atoms with Gasteiger partial charge in [0, 0.05) is 29.6 Å². The molecule has 0 aliphatic rings. The molecule has 0 bridgehead atoms. The van der Waals surface area contributed by atoms with Gasteiger partial charge in [-0.1, -0.05) is 0 Å². The Morgan fingerprint density at radius 2 is 1.71 bits per heavy atom. The average Bonchev–Trinajstić information content (AvgIpc) is 1.65. The van der Waals surface area contributed by atoms with Crippen LogP contribution in [0.15, 0.2) is 0 Å². The molecule has 0 aromatic carbocycles. The van der Waals surface area contributed by atoms with E-state index >= 15 is 0 Å². The molecule has 0 heterocycles. The predicted octanol–water partition coefficient (Wildman–Crippen LogP) is -2.18. The van der Waals surface area contributed by atoms with Crippen LogP contribution in [0.25, 0.3) is 0 Å². The smallest absolute Gasteiger partial charge is 0.122 e. The van der Waals surface area contributed by atoms with Crippen LogP contribution in [0.2, 0.25) is 0 Å². The van der Waals surface area contributed by atoms with Gasteiger partial charge >= 0.3 is 0 Å². The maximum absolute atomic E-state index is 9.66. The van der Waals surface area contributed by atoms with Crippen LogP contribution in [0.4, 0.5) is 0 Å². The van der Waals surface area contributed by atoms with Gasteiger partial charge in [0.2, 0.25) is 0 Å². The van der Waals surface area contributed by atoms with E-state index in [1.54, 1.807) is 0 Å². The predicted molar refractivity (Wildman–Crippen MR) is 35.5 cm³/mol. The number of rotatable bonds is 2. The van der Waals surface area contributed by atoms with Crippen molar-refractivity contribution < 1.29 is 4.79 Å². The summed E-state index contributed by atoms with van der Waals surface area (Å²) in [5.74, 6) is 0. The van der Waals surface area contributed by atoms with Gasteiger partial charge in [0.15, 0.2) is 0 Å². The molecule has 0 aromatic rings. The Bertz CT molecular complexity index is 61.1. The summed E-state index contributed by atoms with van der Waals surface area (Å²) in [6.45, 7) is -0.722. The van der Waals surface area contributed by atoms with Crippen LogP contribution in [0, 0.1) is 0 Å². The van der Waals surface area contributed by atoms with Gasteiger partial charge in [-0.25, -0.2) is 0 Å². The van der Waals surface area contributed by atoms with Crippen LogP contribution < -0.4 is 0 Å². The van der Waals surface area contributed by atoms with Crippen LogP contribution >= 0.6 is 0 Å². The van der Waals surface area contributed by atoms with Gasteiger partial charge in [-0.15, -0.1) is 0 Å². The minimum Gasteiger partial charge on any atom is -0.316 e. The van der Waals surface area contributed by atoms with Gasteiger partial charge < -0.3 is 4.79 Å². The van der Waals surface area contributed by atoms with E-state index in [1.807, 2.05) is 0 Å². The molecule has 0 saturated carbocycles. The number of carbonyl (C=O) groups is 1. The molecule has 0 N–H and O–H groups in total. The highest BCUT2D eigenvalue weighted by Gasteiger charge is 2.08. The van der Waals surface area contributed by atoms with E-state index in [0.29, 0.717) is 6.19 Å². The molecule has 6 radical (unpaired) electrons. The first-order valence-corrected chi connectivity index (χ1v) is 1.90. The summed E-state index contributed by atoms with van der Waals surface area (Å²) in [4.78, 5) is 9.66. The molecule has 0 unspecified atom stereocenters. The van der Waals surface area contributed by atoms with E-state index in [2.05, 4.69) is 0 Å². The monoisotopic (exact) mass is 84.0 g/mol. The van der Waals surface area contributed by atoms with Crippen molar-refractivity contribution in [1.82, 2.24) is 0 Å². The van der Waals surface area contributed by atoms with Crippen LogP contribution in [-0.2, 0) is 4.79 Å². The van der Waals surface area contributed by atoms with Gasteiger partial charge in [0.05, 0.1) is 6.19 Å². The molecular formula is CHB5O. The lowest BCUT2D eigenvalue weighted by Crippen LogP contribution is -2.39. The first-order valence-electron chi connectivity index (χ1n) is 1.90. The first-order chi connectivity index (χ1) is 3.18. The SMILES string of the molecule is [B]B([B])B([B])C=O. The molecule has 6 heteroatoms. The molecule has 0 saturated heterocycles. The second kappa shape index (κ2) is 3.06. The van der Waals surface area contributed by atoms with Gasteiger partial charge in [0.1, 0.15) is 6.49 Å². The van der Waals surface area contributed by atoms with Crippen molar-refractivity contribution in [2.75, 3.05) is 0 Å². The maximum atomic E-state index is 9.66. The van der Waals surface area contributed by atoms with Crippen molar-refractivity contribution in [3.63, 3.8) is 0 Å². The van der Waals surface area contributed by atoms with Crippen LogP contribution in [0.1, 0.15) is 0 Å². The lowest BCUT2D eigenvalue weighted by molar-refractivity contribution is 0.568. The summed E-state index contributed by atoms with van der Waals surface area (Å²) >= 11 is 0. The zero-order chi connectivity index (χ0) is 5.86. The van der Waals surface area contributed by atoms with E-state index in [9.17, 15) is 4.79 Å². The van der Waals surface area contributed by atoms with Crippen molar-refractivity contribution >= 4 is 42.3 Å². The molecule has 0 atom stereocenters. The lowest BCUT2D eigenvalue weighted by atomic mass is 8.87. The molecule has 0 aliphatic carbocycles. The molecule has 0 aliphatic heterocycles. The zero-order valence-electron chi connectivity index (χ0n) is 3.87. The third-order valence-corrected chi connectivity index (χ3v) is 0.602. The fraction of sp³-hybridized carbons (Fsp3) is 0. The van der Waals surface area contributed by atoms with Crippen molar-refractivity contribution in [3.8, 4) is 0 Å². The first kappa shape index (κ1) is 6.99. The van der Waals surface area contributed by atoms with E-state index in [4.69, 9.17) is 23.2 Å². The van der Waals surface area contributed by atoms with Gasteiger partial charge in [-0.2, -0.15) is 0 Å². The Labute approximate surface area is 47.9 Å². The fourth-order valence-electron chi connectivity index (χ4n) is 0.0907. The molecule has 0 rings (SSSR count). The van der Waals surface area contributed by atoms with Crippen LogP contribution in [0.5, 0.6) is 0 Å².